The second-order valence-corrected chi connectivity index (χ2v) is 14.5. The number of hydrogen-bond acceptors (Lipinski definition) is 11. The second-order valence-electron chi connectivity index (χ2n) is 14.5. The molecule has 0 heterocycles. The highest BCUT2D eigenvalue weighted by Crippen LogP contribution is 2.10. The number of amides is 6. The first-order chi connectivity index (χ1) is 26.7. The maximum Gasteiger partial charge on any atom is 0.407 e. The van der Waals surface area contributed by atoms with Crippen molar-refractivity contribution in [3.8, 4) is 0 Å². The van der Waals surface area contributed by atoms with Crippen molar-refractivity contribution in [1.29, 1.82) is 0 Å². The Bertz CT molecular complexity index is 1320. The van der Waals surface area contributed by atoms with Crippen LogP contribution < -0.4 is 37.6 Å². The van der Waals surface area contributed by atoms with E-state index in [0.29, 0.717) is 64.5 Å². The maximum atomic E-state index is 13.1. The number of carboxylic acids is 4. The molecule has 0 rings (SSSR count). The van der Waals surface area contributed by atoms with Crippen molar-refractivity contribution in [2.75, 3.05) is 19.6 Å². The van der Waals surface area contributed by atoms with Gasteiger partial charge in [-0.15, -0.1) is 0 Å². The molecular weight excluding hydrogens is 754 g/mol. The summed E-state index contributed by atoms with van der Waals surface area (Å²) in [4.78, 5) is 107. The Morgan fingerprint density at radius 2 is 1.02 bits per heavy atom. The van der Waals surface area contributed by atoms with Crippen molar-refractivity contribution in [3.05, 3.63) is 0 Å². The van der Waals surface area contributed by atoms with Crippen LogP contribution in [0.3, 0.4) is 0 Å². The number of unbranched alkanes of at least 4 members (excludes halogenated alkanes) is 6. The summed E-state index contributed by atoms with van der Waals surface area (Å²) in [6.07, 6.45) is 3.67. The Kier molecular flexibility index (Phi) is 26.4. The summed E-state index contributed by atoms with van der Waals surface area (Å²) in [5.74, 6) is -6.87. The molecule has 21 nitrogen and oxygen atoms in total. The lowest BCUT2D eigenvalue weighted by Crippen LogP contribution is -2.51. The van der Waals surface area contributed by atoms with Gasteiger partial charge < -0.3 is 62.8 Å². The molecule has 0 aromatic heterocycles. The molecule has 0 aliphatic rings. The number of carboxylic acid groups (broad SMARTS) is 4. The third kappa shape index (κ3) is 27.9. The number of nitrogens with two attached hydrogens (primary N) is 1. The Morgan fingerprint density at radius 3 is 1.58 bits per heavy atom. The molecule has 326 valence electrons. The fourth-order valence-electron chi connectivity index (χ4n) is 5.21. The lowest BCUT2D eigenvalue weighted by atomic mass is 10.1. The molecule has 0 aliphatic heterocycles. The number of rotatable bonds is 31. The number of aliphatic carboxylic acids is 4. The largest absolute Gasteiger partial charge is 0.481 e. The molecule has 0 bridgehead atoms. The van der Waals surface area contributed by atoms with Crippen LogP contribution in [0.15, 0.2) is 0 Å². The minimum absolute atomic E-state index is 0.121. The minimum atomic E-state index is -1.55. The maximum absolute atomic E-state index is 13.1. The van der Waals surface area contributed by atoms with Gasteiger partial charge in [-0.1, -0.05) is 19.3 Å². The number of carbonyl (C=O) groups excluding carboxylic acids is 5. The van der Waals surface area contributed by atoms with Crippen LogP contribution in [0.5, 0.6) is 0 Å². The third-order valence-electron chi connectivity index (χ3n) is 8.22. The van der Waals surface area contributed by atoms with Crippen LogP contribution in [0.1, 0.15) is 124 Å². The number of urea groups is 1. The molecule has 57 heavy (non-hydrogen) atoms. The van der Waals surface area contributed by atoms with Gasteiger partial charge in [-0.25, -0.2) is 24.0 Å². The van der Waals surface area contributed by atoms with E-state index in [9.17, 15) is 53.4 Å². The summed E-state index contributed by atoms with van der Waals surface area (Å²) >= 11 is 0. The van der Waals surface area contributed by atoms with Crippen LogP contribution >= 0.6 is 0 Å². The minimum Gasteiger partial charge on any atom is -0.481 e. The number of ether oxygens (including phenoxy) is 1. The van der Waals surface area contributed by atoms with Gasteiger partial charge in [0.15, 0.2) is 0 Å². The van der Waals surface area contributed by atoms with E-state index in [-0.39, 0.29) is 44.6 Å². The molecule has 6 amide bonds. The molecule has 0 aromatic carbocycles. The smallest absolute Gasteiger partial charge is 0.407 e. The van der Waals surface area contributed by atoms with Crippen LogP contribution in [0, 0.1) is 0 Å². The highest BCUT2D eigenvalue weighted by molar-refractivity contribution is 5.90. The molecule has 0 aliphatic carbocycles. The van der Waals surface area contributed by atoms with Crippen LogP contribution in [-0.2, 0) is 38.3 Å². The van der Waals surface area contributed by atoms with Crippen molar-refractivity contribution in [3.63, 3.8) is 0 Å². The molecule has 0 fully saturated rings. The molecular formula is C36H63N7O14. The summed E-state index contributed by atoms with van der Waals surface area (Å²) in [6.45, 7) is 6.17. The van der Waals surface area contributed by atoms with Crippen LogP contribution in [0.25, 0.3) is 0 Å². The van der Waals surface area contributed by atoms with Gasteiger partial charge >= 0.3 is 36.0 Å². The lowest BCUT2D eigenvalue weighted by Gasteiger charge is -2.22. The van der Waals surface area contributed by atoms with Crippen LogP contribution in [0.4, 0.5) is 9.59 Å². The van der Waals surface area contributed by atoms with E-state index < -0.39 is 90.4 Å². The fraction of sp³-hybridized carbons (Fsp3) is 0.750. The van der Waals surface area contributed by atoms with Gasteiger partial charge in [0.2, 0.25) is 17.7 Å². The molecule has 0 radical (unpaired) electrons. The summed E-state index contributed by atoms with van der Waals surface area (Å²) in [5.41, 5.74) is 4.84. The lowest BCUT2D eigenvalue weighted by molar-refractivity contribution is -0.142. The van der Waals surface area contributed by atoms with Gasteiger partial charge in [-0.05, 0) is 91.5 Å². The van der Waals surface area contributed by atoms with Gasteiger partial charge in [0.25, 0.3) is 0 Å². The highest BCUT2D eigenvalue weighted by atomic mass is 16.6. The van der Waals surface area contributed by atoms with Crippen molar-refractivity contribution >= 4 is 53.7 Å². The third-order valence-corrected chi connectivity index (χ3v) is 8.22. The topological polar surface area (TPSA) is 342 Å². The molecule has 0 saturated carbocycles. The highest BCUT2D eigenvalue weighted by Gasteiger charge is 2.27. The molecule has 4 atom stereocenters. The normalized spacial score (nSPS) is 13.1. The Labute approximate surface area is 332 Å². The van der Waals surface area contributed by atoms with E-state index in [2.05, 4.69) is 26.6 Å². The number of hydrogen-bond donors (Lipinski definition) is 11. The Balaban J connectivity index is 4.71. The predicted octanol–water partition coefficient (Wildman–Crippen LogP) is 1.17. The Morgan fingerprint density at radius 1 is 0.526 bits per heavy atom. The van der Waals surface area contributed by atoms with Crippen molar-refractivity contribution in [2.45, 2.75) is 153 Å². The van der Waals surface area contributed by atoms with Gasteiger partial charge in [-0.3, -0.25) is 19.2 Å². The van der Waals surface area contributed by atoms with Crippen molar-refractivity contribution < 1.29 is 68.3 Å². The Hall–Kier alpha value is -5.21. The van der Waals surface area contributed by atoms with E-state index in [0.717, 1.165) is 6.42 Å². The molecule has 12 N–H and O–H groups in total. The summed E-state index contributed by atoms with van der Waals surface area (Å²) < 4.78 is 5.20. The van der Waals surface area contributed by atoms with E-state index in [1.54, 1.807) is 20.8 Å². The van der Waals surface area contributed by atoms with Crippen molar-refractivity contribution in [2.24, 2.45) is 5.73 Å². The van der Waals surface area contributed by atoms with Crippen LogP contribution in [0.2, 0.25) is 0 Å². The second kappa shape index (κ2) is 29.1. The zero-order valence-electron chi connectivity index (χ0n) is 33.2. The first-order valence-electron chi connectivity index (χ1n) is 19.3. The SMILES string of the molecule is CC(C)(C)OC(=O)NCCCCC(NC(=O)CCCCCCCNC(=O)CCC(NC(=O)NC(CCC(=O)O)C(=O)O)C(=O)O)C(=O)NC(CCCCN)C(=O)O. The van der Waals surface area contributed by atoms with Gasteiger partial charge in [0.1, 0.15) is 29.8 Å². The number of carbonyl (C=O) groups is 9. The summed E-state index contributed by atoms with van der Waals surface area (Å²) in [5, 5.41) is 51.5. The van der Waals surface area contributed by atoms with Gasteiger partial charge in [0, 0.05) is 32.4 Å². The zero-order chi connectivity index (χ0) is 43.4. The molecule has 0 saturated heterocycles. The first-order valence-corrected chi connectivity index (χ1v) is 19.3. The van der Waals surface area contributed by atoms with Gasteiger partial charge in [0.05, 0.1) is 0 Å². The molecule has 4 unspecified atom stereocenters. The molecule has 21 heteroatoms. The van der Waals surface area contributed by atoms with Gasteiger partial charge in [-0.2, -0.15) is 0 Å². The summed E-state index contributed by atoms with van der Waals surface area (Å²) in [6, 6.07) is -6.32. The van der Waals surface area contributed by atoms with Crippen molar-refractivity contribution in [1.82, 2.24) is 31.9 Å². The van der Waals surface area contributed by atoms with E-state index in [1.165, 1.54) is 0 Å². The standard InChI is InChI=1S/C36H63N7O14/c1-36(2,3)57-35(56)39-22-12-9-13-23(30(48)41-24(31(49)50)14-8-10-20-37)40-28(45)15-7-5-4-6-11-21-38-27(44)18-16-25(32(51)52)42-34(55)43-26(33(53)54)17-19-29(46)47/h23-26H,4-22,37H2,1-3H3,(H,38,44)(H,39,56)(H,40,45)(H,41,48)(H,46,47)(H,49,50)(H,51,52)(H,53,54)(H2,42,43,55). The monoisotopic (exact) mass is 817 g/mol. The number of nitrogens with one attached hydrogen (secondary N) is 6. The quantitative estimate of drug-likeness (QED) is 0.0438. The van der Waals surface area contributed by atoms with E-state index in [1.807, 2.05) is 5.32 Å². The average Bonchev–Trinajstić information content (AvgIpc) is 3.10. The average molecular weight is 818 g/mol. The van der Waals surface area contributed by atoms with E-state index in [4.69, 9.17) is 20.7 Å². The van der Waals surface area contributed by atoms with Crippen LogP contribution in [-0.4, -0.2) is 124 Å². The predicted molar refractivity (Wildman–Crippen MR) is 204 cm³/mol. The first kappa shape index (κ1) is 51.8. The van der Waals surface area contributed by atoms with E-state index >= 15 is 0 Å². The number of alkyl carbamates (subject to hydrolysis) is 1. The molecule has 0 aromatic rings. The summed E-state index contributed by atoms with van der Waals surface area (Å²) in [7, 11) is 0. The molecule has 0 spiro atoms. The zero-order valence-corrected chi connectivity index (χ0v) is 33.2. The fourth-order valence-corrected chi connectivity index (χ4v) is 5.21.